The molecule has 0 bridgehead atoms. The predicted octanol–water partition coefficient (Wildman–Crippen LogP) is 0.351. The van der Waals surface area contributed by atoms with Crippen molar-refractivity contribution < 1.29 is 59.9 Å². The molecule has 0 aromatic carbocycles. The molecular formula is C11H17ClFN2O14P3. The Morgan fingerprint density at radius 3 is 2.34 bits per heavy atom. The summed E-state index contributed by atoms with van der Waals surface area (Å²) in [6.07, 6.45) is -5.22. The van der Waals surface area contributed by atoms with Gasteiger partial charge in [0.1, 0.15) is 12.2 Å². The number of nitrogens with zero attached hydrogens (tertiary/aromatic N) is 1. The van der Waals surface area contributed by atoms with Gasteiger partial charge in [-0.1, -0.05) is 11.6 Å². The van der Waals surface area contributed by atoms with E-state index < -0.39 is 64.9 Å². The second-order valence-corrected chi connectivity index (χ2v) is 11.5. The summed E-state index contributed by atoms with van der Waals surface area (Å²) < 4.78 is 76.7. The number of aliphatic hydroxyl groups is 1. The van der Waals surface area contributed by atoms with Crippen LogP contribution in [0.1, 0.15) is 6.23 Å². The summed E-state index contributed by atoms with van der Waals surface area (Å²) in [4.78, 5) is 43.7. The monoisotopic (exact) mass is 548 g/mol. The second kappa shape index (κ2) is 9.84. The van der Waals surface area contributed by atoms with Crippen molar-refractivity contribution >= 4 is 35.1 Å². The molecule has 21 heteroatoms. The molecule has 32 heavy (non-hydrogen) atoms. The van der Waals surface area contributed by atoms with Gasteiger partial charge in [0, 0.05) is 26.5 Å². The van der Waals surface area contributed by atoms with Crippen LogP contribution in [0.15, 0.2) is 21.9 Å². The van der Waals surface area contributed by atoms with Crippen LogP contribution in [0, 0.1) is 0 Å². The molecule has 0 amide bonds. The van der Waals surface area contributed by atoms with Gasteiger partial charge in [-0.05, 0) is 0 Å². The van der Waals surface area contributed by atoms with Crippen LogP contribution in [-0.4, -0.2) is 62.6 Å². The first-order valence-electron chi connectivity index (χ1n) is 8.03. The third kappa shape index (κ3) is 6.42. The lowest BCUT2D eigenvalue weighted by molar-refractivity contribution is -0.0510. The van der Waals surface area contributed by atoms with E-state index >= 15 is 0 Å². The lowest BCUT2D eigenvalue weighted by Gasteiger charge is -2.22. The van der Waals surface area contributed by atoms with E-state index in [1.54, 1.807) is 0 Å². The van der Waals surface area contributed by atoms with Crippen LogP contribution in [0.2, 0.25) is 0 Å². The van der Waals surface area contributed by atoms with Crippen molar-refractivity contribution in [2.24, 2.45) is 0 Å². The fourth-order valence-electron chi connectivity index (χ4n) is 2.28. The number of phosphoric acid groups is 3. The molecule has 16 nitrogen and oxygen atoms in total. The van der Waals surface area contributed by atoms with Crippen molar-refractivity contribution in [1.29, 1.82) is 0 Å². The van der Waals surface area contributed by atoms with E-state index in [1.165, 1.54) is 0 Å². The van der Waals surface area contributed by atoms with Crippen LogP contribution in [-0.2, 0) is 40.6 Å². The SMILES string of the molecule is COP(=O)(O)OP(=O)(OC)OP(=O)(O)OC[C@H]1O[C@@H](n2ccc(=O)[nH]c2=O)[C@@](F)(Cl)[C@@H]1O. The Hall–Kier alpha value is -0.770. The minimum atomic E-state index is -5.43. The van der Waals surface area contributed by atoms with E-state index in [0.717, 1.165) is 12.3 Å². The molecule has 4 N–H and O–H groups in total. The van der Waals surface area contributed by atoms with Gasteiger partial charge >= 0.3 is 29.2 Å². The van der Waals surface area contributed by atoms with Crippen molar-refractivity contribution in [1.82, 2.24) is 9.55 Å². The highest BCUT2D eigenvalue weighted by atomic mass is 35.5. The number of aromatic nitrogens is 2. The topological polar surface area (TPSA) is 222 Å². The van der Waals surface area contributed by atoms with Crippen molar-refractivity contribution in [2.45, 2.75) is 23.6 Å². The summed E-state index contributed by atoms with van der Waals surface area (Å²) in [7, 11) is -14.3. The smallest absolute Gasteiger partial charge is 0.385 e. The quantitative estimate of drug-likeness (QED) is 0.229. The summed E-state index contributed by atoms with van der Waals surface area (Å²) in [6, 6.07) is 0.839. The molecule has 1 aliphatic heterocycles. The predicted molar refractivity (Wildman–Crippen MR) is 100 cm³/mol. The number of phosphoric ester groups is 2. The van der Waals surface area contributed by atoms with Gasteiger partial charge in [0.15, 0.2) is 6.23 Å². The number of aromatic amines is 1. The fraction of sp³-hybridized carbons (Fsp3) is 0.636. The number of halogens is 2. The first-order valence-corrected chi connectivity index (χ1v) is 12.9. The Kier molecular flexibility index (Phi) is 8.45. The van der Waals surface area contributed by atoms with Crippen molar-refractivity contribution in [3.05, 3.63) is 33.1 Å². The molecule has 1 fully saturated rings. The average molecular weight is 549 g/mol. The zero-order valence-corrected chi connectivity index (χ0v) is 19.4. The normalized spacial score (nSPS) is 31.5. The standard InChI is InChI=1S/C11H17ClFN2O14P3/c1-24-30(19,20)28-32(23,25-2)29-31(21,22)26-5-6-8(17)11(12,13)9(27-6)15-4-3-7(16)14-10(15)18/h3-4,6,8-9,17H,5H2,1-2H3,(H,19,20)(H,21,22)(H,14,16,18)/t6-,8-,9-,11-,32?/m1/s1. The molecule has 1 aromatic rings. The zero-order chi connectivity index (χ0) is 24.5. The number of ether oxygens (including phenoxy) is 1. The molecule has 3 unspecified atom stereocenters. The molecule has 0 spiro atoms. The Morgan fingerprint density at radius 1 is 1.22 bits per heavy atom. The number of rotatable bonds is 10. The minimum Gasteiger partial charge on any atom is -0.385 e. The Balaban J connectivity index is 2.14. The Morgan fingerprint density at radius 2 is 1.81 bits per heavy atom. The van der Waals surface area contributed by atoms with Gasteiger partial charge < -0.3 is 19.6 Å². The van der Waals surface area contributed by atoms with Gasteiger partial charge in [-0.15, -0.1) is 0 Å². The molecule has 7 atom stereocenters. The van der Waals surface area contributed by atoms with E-state index in [4.69, 9.17) is 21.2 Å². The second-order valence-electron chi connectivity index (χ2n) is 5.87. The van der Waals surface area contributed by atoms with Crippen molar-refractivity contribution in [3.8, 4) is 0 Å². The number of hydrogen-bond acceptors (Lipinski definition) is 12. The number of hydrogen-bond donors (Lipinski definition) is 4. The maximum Gasteiger partial charge on any atom is 0.492 e. The highest BCUT2D eigenvalue weighted by Gasteiger charge is 2.58. The van der Waals surface area contributed by atoms with E-state index in [9.17, 15) is 37.7 Å². The first kappa shape index (κ1) is 27.5. The van der Waals surface area contributed by atoms with E-state index in [1.807, 2.05) is 4.98 Å². The number of nitrogens with one attached hydrogen (secondary N) is 1. The van der Waals surface area contributed by atoms with E-state index in [0.29, 0.717) is 18.8 Å². The van der Waals surface area contributed by atoms with Crippen molar-refractivity contribution in [2.75, 3.05) is 20.8 Å². The summed E-state index contributed by atoms with van der Waals surface area (Å²) in [5.74, 6) is 0. The third-order valence-electron chi connectivity index (χ3n) is 3.75. The molecule has 0 aliphatic carbocycles. The Bertz CT molecular complexity index is 1090. The lowest BCUT2D eigenvalue weighted by Crippen LogP contribution is -2.42. The molecule has 184 valence electrons. The van der Waals surface area contributed by atoms with Gasteiger partial charge in [0.25, 0.3) is 10.7 Å². The maximum absolute atomic E-state index is 14.8. The summed E-state index contributed by atoms with van der Waals surface area (Å²) >= 11 is 5.62. The van der Waals surface area contributed by atoms with Gasteiger partial charge in [0.05, 0.1) is 6.61 Å². The number of aliphatic hydroxyl groups excluding tert-OH is 1. The first-order chi connectivity index (χ1) is 14.6. The number of alkyl halides is 2. The average Bonchev–Trinajstić information content (AvgIpc) is 2.89. The molecule has 2 heterocycles. The maximum atomic E-state index is 14.8. The van der Waals surface area contributed by atoms with E-state index in [2.05, 4.69) is 22.2 Å². The van der Waals surface area contributed by atoms with Crippen molar-refractivity contribution in [3.63, 3.8) is 0 Å². The lowest BCUT2D eigenvalue weighted by atomic mass is 10.1. The van der Waals surface area contributed by atoms with Crippen LogP contribution in [0.5, 0.6) is 0 Å². The molecule has 1 aromatic heterocycles. The number of H-pyrrole nitrogens is 1. The summed E-state index contributed by atoms with van der Waals surface area (Å²) in [5.41, 5.74) is -1.95. The summed E-state index contributed by atoms with van der Waals surface area (Å²) in [6.45, 7) is -1.13. The Labute approximate surface area is 182 Å². The third-order valence-corrected chi connectivity index (χ3v) is 8.79. The van der Waals surface area contributed by atoms with Gasteiger partial charge in [-0.2, -0.15) is 8.62 Å². The highest BCUT2D eigenvalue weighted by Crippen LogP contribution is 2.69. The molecule has 1 saturated heterocycles. The van der Waals surface area contributed by atoms with Gasteiger partial charge in [-0.25, -0.2) is 22.9 Å². The molecule has 1 aliphatic rings. The minimum absolute atomic E-state index is 0.503. The van der Waals surface area contributed by atoms with Crippen LogP contribution in [0.4, 0.5) is 4.39 Å². The highest BCUT2D eigenvalue weighted by molar-refractivity contribution is 7.67. The zero-order valence-electron chi connectivity index (χ0n) is 16.0. The summed E-state index contributed by atoms with van der Waals surface area (Å²) in [5, 5.41) is 6.89. The van der Waals surface area contributed by atoms with Crippen LogP contribution in [0.3, 0.4) is 0 Å². The van der Waals surface area contributed by atoms with Crippen LogP contribution >= 0.6 is 35.1 Å². The largest absolute Gasteiger partial charge is 0.492 e. The molecular weight excluding hydrogens is 531 g/mol. The van der Waals surface area contributed by atoms with Gasteiger partial charge in [0.2, 0.25) is 0 Å². The van der Waals surface area contributed by atoms with E-state index in [-0.39, 0.29) is 0 Å². The fourth-order valence-corrected chi connectivity index (χ4v) is 6.31. The molecule has 2 rings (SSSR count). The molecule has 0 saturated carbocycles. The van der Waals surface area contributed by atoms with Gasteiger partial charge in [-0.3, -0.25) is 27.9 Å². The van der Waals surface area contributed by atoms with Crippen LogP contribution < -0.4 is 11.2 Å². The molecule has 0 radical (unpaired) electrons. The van der Waals surface area contributed by atoms with Crippen LogP contribution in [0.25, 0.3) is 0 Å².